The molecule has 1 N–H and O–H groups in total. The minimum atomic E-state index is 0.0142. The fourth-order valence-corrected chi connectivity index (χ4v) is 6.32. The monoisotopic (exact) mass is 494 g/mol. The van der Waals surface area contributed by atoms with E-state index in [4.69, 9.17) is 4.74 Å². The van der Waals surface area contributed by atoms with E-state index in [1.807, 2.05) is 0 Å². The zero-order valence-corrected chi connectivity index (χ0v) is 22.6. The highest BCUT2D eigenvalue weighted by molar-refractivity contribution is 5.91. The van der Waals surface area contributed by atoms with Gasteiger partial charge in [0.15, 0.2) is 0 Å². The summed E-state index contributed by atoms with van der Waals surface area (Å²) < 4.78 is 5.28. The van der Waals surface area contributed by atoms with E-state index in [9.17, 15) is 5.11 Å². The van der Waals surface area contributed by atoms with E-state index in [2.05, 4.69) is 79.7 Å². The van der Waals surface area contributed by atoms with E-state index < -0.39 is 0 Å². The van der Waals surface area contributed by atoms with Crippen molar-refractivity contribution >= 4 is 21.5 Å². The summed E-state index contributed by atoms with van der Waals surface area (Å²) in [5.41, 5.74) is 5.15. The van der Waals surface area contributed by atoms with Crippen LogP contribution in [0.25, 0.3) is 32.7 Å². The number of hydrogen-bond acceptors (Lipinski definition) is 2. The lowest BCUT2D eigenvalue weighted by Gasteiger charge is -2.29. The first-order valence-corrected chi connectivity index (χ1v) is 14.4. The highest BCUT2D eigenvalue weighted by Crippen LogP contribution is 2.39. The molecule has 0 aliphatic heterocycles. The molecule has 1 aliphatic carbocycles. The second-order valence-electron chi connectivity index (χ2n) is 11.2. The molecule has 4 aromatic carbocycles. The van der Waals surface area contributed by atoms with Crippen molar-refractivity contribution in [3.8, 4) is 11.1 Å². The Balaban J connectivity index is 1.31. The minimum absolute atomic E-state index is 0.0142. The van der Waals surface area contributed by atoms with Crippen molar-refractivity contribution in [3.63, 3.8) is 0 Å². The van der Waals surface area contributed by atoms with Crippen LogP contribution in [0, 0.1) is 5.92 Å². The van der Waals surface area contributed by atoms with Crippen LogP contribution in [-0.4, -0.2) is 25.4 Å². The molecular weight excluding hydrogens is 452 g/mol. The minimum Gasteiger partial charge on any atom is -0.396 e. The first-order chi connectivity index (χ1) is 18.2. The van der Waals surface area contributed by atoms with E-state index in [1.54, 1.807) is 7.11 Å². The Morgan fingerprint density at radius 2 is 1.38 bits per heavy atom. The molecule has 1 unspecified atom stereocenters. The van der Waals surface area contributed by atoms with Crippen LogP contribution < -0.4 is 0 Å². The van der Waals surface area contributed by atoms with Crippen LogP contribution in [0.2, 0.25) is 0 Å². The van der Waals surface area contributed by atoms with Gasteiger partial charge in [0, 0.05) is 13.0 Å². The summed E-state index contributed by atoms with van der Waals surface area (Å²) in [6.07, 6.45) is 11.1. The number of unbranched alkanes of at least 4 members (excludes halogenated alkanes) is 2. The molecule has 1 aliphatic rings. The second-order valence-corrected chi connectivity index (χ2v) is 11.2. The van der Waals surface area contributed by atoms with Gasteiger partial charge in [-0.05, 0) is 93.5 Å². The molecule has 1 fully saturated rings. The standard InChI is InChI=1S/C35H42O2/c1-3-4-5-6-25-7-9-26(10-8-25)27-11-12-29-20-30(14-13-28(29)19-27)31-15-16-33-22-34(18-17-32(33)21-31)35(23-36)24-37-2/h11-22,25-26,35-36H,3-10,23-24H2,1-2H3. The normalized spacial score (nSPS) is 18.9. The Bertz CT molecular complexity index is 1320. The number of benzene rings is 4. The van der Waals surface area contributed by atoms with Crippen molar-refractivity contribution in [2.75, 3.05) is 20.3 Å². The molecule has 1 atom stereocenters. The number of ether oxygens (including phenoxy) is 1. The number of hydrogen-bond donors (Lipinski definition) is 1. The van der Waals surface area contributed by atoms with Gasteiger partial charge in [0.2, 0.25) is 0 Å². The molecule has 37 heavy (non-hydrogen) atoms. The third kappa shape index (κ3) is 6.08. The summed E-state index contributed by atoms with van der Waals surface area (Å²) in [7, 11) is 1.68. The molecule has 1 saturated carbocycles. The molecule has 0 amide bonds. The fraction of sp³-hybridized carbons (Fsp3) is 0.429. The van der Waals surface area contributed by atoms with Crippen LogP contribution in [0.5, 0.6) is 0 Å². The van der Waals surface area contributed by atoms with Crippen molar-refractivity contribution < 1.29 is 9.84 Å². The lowest BCUT2D eigenvalue weighted by Crippen LogP contribution is -2.13. The smallest absolute Gasteiger partial charge is 0.0553 e. The summed E-state index contributed by atoms with van der Waals surface area (Å²) in [5, 5.41) is 14.8. The van der Waals surface area contributed by atoms with Gasteiger partial charge < -0.3 is 9.84 Å². The fourth-order valence-electron chi connectivity index (χ4n) is 6.32. The predicted octanol–water partition coefficient (Wildman–Crippen LogP) is 9.24. The summed E-state index contributed by atoms with van der Waals surface area (Å²) in [5.74, 6) is 1.70. The number of fused-ring (bicyclic) bond motifs is 2. The van der Waals surface area contributed by atoms with Crippen LogP contribution in [0.3, 0.4) is 0 Å². The SMILES string of the molecule is CCCCCC1CCC(c2ccc3cc(-c4ccc5cc(C(CO)COC)ccc5c4)ccc3c2)CC1. The number of rotatable bonds is 10. The van der Waals surface area contributed by atoms with Crippen molar-refractivity contribution in [2.24, 2.45) is 5.92 Å². The molecule has 0 spiro atoms. The molecule has 0 saturated heterocycles. The zero-order chi connectivity index (χ0) is 25.6. The molecule has 2 nitrogen and oxygen atoms in total. The van der Waals surface area contributed by atoms with E-state index in [0.29, 0.717) is 6.61 Å². The van der Waals surface area contributed by atoms with Crippen molar-refractivity contribution in [2.45, 2.75) is 70.1 Å². The molecule has 5 rings (SSSR count). The summed E-state index contributed by atoms with van der Waals surface area (Å²) in [6.45, 7) is 2.92. The van der Waals surface area contributed by atoms with Gasteiger partial charge >= 0.3 is 0 Å². The summed E-state index contributed by atoms with van der Waals surface area (Å²) in [4.78, 5) is 0. The molecular formula is C35H42O2. The Hall–Kier alpha value is -2.68. The molecule has 0 radical (unpaired) electrons. The lowest BCUT2D eigenvalue weighted by atomic mass is 9.76. The zero-order valence-electron chi connectivity index (χ0n) is 22.6. The van der Waals surface area contributed by atoms with Crippen molar-refractivity contribution in [1.82, 2.24) is 0 Å². The predicted molar refractivity (Wildman–Crippen MR) is 157 cm³/mol. The van der Waals surface area contributed by atoms with Gasteiger partial charge in [0.05, 0.1) is 13.2 Å². The third-order valence-electron chi connectivity index (χ3n) is 8.66. The van der Waals surface area contributed by atoms with E-state index >= 15 is 0 Å². The van der Waals surface area contributed by atoms with Gasteiger partial charge in [-0.2, -0.15) is 0 Å². The molecule has 4 aromatic rings. The Labute approximate surface area is 222 Å². The Morgan fingerprint density at radius 3 is 2.03 bits per heavy atom. The van der Waals surface area contributed by atoms with Crippen LogP contribution >= 0.6 is 0 Å². The average molecular weight is 495 g/mol. The molecule has 2 heteroatoms. The maximum Gasteiger partial charge on any atom is 0.0553 e. The molecule has 194 valence electrons. The summed E-state index contributed by atoms with van der Waals surface area (Å²) >= 11 is 0. The highest BCUT2D eigenvalue weighted by atomic mass is 16.5. The van der Waals surface area contributed by atoms with Crippen LogP contribution in [0.15, 0.2) is 72.8 Å². The van der Waals surface area contributed by atoms with Gasteiger partial charge in [-0.1, -0.05) is 93.3 Å². The largest absolute Gasteiger partial charge is 0.396 e. The Morgan fingerprint density at radius 1 is 0.757 bits per heavy atom. The maximum absolute atomic E-state index is 9.72. The first-order valence-electron chi connectivity index (χ1n) is 14.4. The van der Waals surface area contributed by atoms with Crippen LogP contribution in [0.4, 0.5) is 0 Å². The van der Waals surface area contributed by atoms with E-state index in [0.717, 1.165) is 17.4 Å². The van der Waals surface area contributed by atoms with E-state index in [1.165, 1.54) is 89.6 Å². The maximum atomic E-state index is 9.72. The number of aliphatic hydroxyl groups excluding tert-OH is 1. The van der Waals surface area contributed by atoms with Gasteiger partial charge in [-0.15, -0.1) is 0 Å². The number of aliphatic hydroxyl groups is 1. The van der Waals surface area contributed by atoms with Gasteiger partial charge in [0.1, 0.15) is 0 Å². The first kappa shape index (κ1) is 25.9. The van der Waals surface area contributed by atoms with Crippen LogP contribution in [-0.2, 0) is 4.74 Å². The lowest BCUT2D eigenvalue weighted by molar-refractivity contribution is 0.144. The molecule has 0 heterocycles. The molecule has 0 bridgehead atoms. The topological polar surface area (TPSA) is 29.5 Å². The van der Waals surface area contributed by atoms with Gasteiger partial charge in [-0.3, -0.25) is 0 Å². The summed E-state index contributed by atoms with van der Waals surface area (Å²) in [6, 6.07) is 27.2. The van der Waals surface area contributed by atoms with Gasteiger partial charge in [0.25, 0.3) is 0 Å². The van der Waals surface area contributed by atoms with E-state index in [-0.39, 0.29) is 12.5 Å². The quantitative estimate of drug-likeness (QED) is 0.223. The van der Waals surface area contributed by atoms with Crippen LogP contribution in [0.1, 0.15) is 81.3 Å². The third-order valence-corrected chi connectivity index (χ3v) is 8.66. The average Bonchev–Trinajstić information content (AvgIpc) is 2.95. The molecule has 0 aromatic heterocycles. The van der Waals surface area contributed by atoms with Crippen molar-refractivity contribution in [3.05, 3.63) is 83.9 Å². The Kier molecular flexibility index (Phi) is 8.59. The van der Waals surface area contributed by atoms with Crippen molar-refractivity contribution in [1.29, 1.82) is 0 Å². The number of methoxy groups -OCH3 is 1. The second kappa shape index (κ2) is 12.2. The van der Waals surface area contributed by atoms with Gasteiger partial charge in [-0.25, -0.2) is 0 Å². The highest BCUT2D eigenvalue weighted by Gasteiger charge is 2.22.